The minimum atomic E-state index is -3.82. The van der Waals surface area contributed by atoms with Gasteiger partial charge in [0.15, 0.2) is 0 Å². The van der Waals surface area contributed by atoms with Gasteiger partial charge in [-0.2, -0.15) is 4.31 Å². The Morgan fingerprint density at radius 3 is 2.52 bits per heavy atom. The van der Waals surface area contributed by atoms with Gasteiger partial charge >= 0.3 is 0 Å². The summed E-state index contributed by atoms with van der Waals surface area (Å²) in [6.07, 6.45) is 3.69. The number of rotatable bonds is 7. The van der Waals surface area contributed by atoms with Crippen LogP contribution in [0.25, 0.3) is 10.8 Å². The van der Waals surface area contributed by atoms with Gasteiger partial charge in [-0.05, 0) is 31.0 Å². The monoisotopic (exact) mass is 384 g/mol. The highest BCUT2D eigenvalue weighted by Gasteiger charge is 2.32. The molecule has 0 fully saturated rings. The van der Waals surface area contributed by atoms with Crippen LogP contribution in [0, 0.1) is 0 Å². The van der Waals surface area contributed by atoms with Crippen LogP contribution >= 0.6 is 0 Å². The maximum atomic E-state index is 13.5. The van der Waals surface area contributed by atoms with Crippen LogP contribution in [-0.4, -0.2) is 35.0 Å². The van der Waals surface area contributed by atoms with Gasteiger partial charge in [0.1, 0.15) is 0 Å². The molecule has 0 saturated heterocycles. The second kappa shape index (κ2) is 7.76. The molecular formula is C21H24N2O3S. The molecule has 2 aromatic carbocycles. The fraction of sp³-hybridized carbons (Fsp3) is 0.286. The lowest BCUT2D eigenvalue weighted by Crippen LogP contribution is -2.43. The number of nitrogens with zero attached hydrogens (tertiary/aromatic N) is 2. The van der Waals surface area contributed by atoms with Crippen LogP contribution in [0.3, 0.4) is 0 Å². The Bertz CT molecular complexity index is 1010. The second-order valence-corrected chi connectivity index (χ2v) is 8.87. The first kappa shape index (κ1) is 19.5. The summed E-state index contributed by atoms with van der Waals surface area (Å²) in [6, 6.07) is 16.3. The van der Waals surface area contributed by atoms with Gasteiger partial charge < -0.3 is 5.11 Å². The number of hydrogen-bond acceptors (Lipinski definition) is 4. The smallest absolute Gasteiger partial charge is 0.244 e. The lowest BCUT2D eigenvalue weighted by molar-refractivity contribution is 0.0355. The van der Waals surface area contributed by atoms with E-state index in [2.05, 4.69) is 4.98 Å². The van der Waals surface area contributed by atoms with Crippen LogP contribution < -0.4 is 0 Å². The quantitative estimate of drug-likeness (QED) is 0.676. The first-order valence-electron chi connectivity index (χ1n) is 8.93. The van der Waals surface area contributed by atoms with Gasteiger partial charge in [0, 0.05) is 36.3 Å². The first-order chi connectivity index (χ1) is 12.8. The lowest BCUT2D eigenvalue weighted by Gasteiger charge is -2.30. The van der Waals surface area contributed by atoms with Crippen molar-refractivity contribution in [1.29, 1.82) is 0 Å². The van der Waals surface area contributed by atoms with Crippen molar-refractivity contribution in [2.75, 3.05) is 6.54 Å². The van der Waals surface area contributed by atoms with Gasteiger partial charge in [-0.3, -0.25) is 4.98 Å². The summed E-state index contributed by atoms with van der Waals surface area (Å²) in [5, 5.41) is 12.0. The number of aliphatic hydroxyl groups is 1. The molecule has 6 heteroatoms. The fourth-order valence-corrected chi connectivity index (χ4v) is 4.72. The normalized spacial score (nSPS) is 14.4. The molecule has 0 spiro atoms. The third-order valence-corrected chi connectivity index (χ3v) is 6.59. The highest BCUT2D eigenvalue weighted by molar-refractivity contribution is 7.89. The van der Waals surface area contributed by atoms with E-state index in [1.54, 1.807) is 37.5 Å². The van der Waals surface area contributed by atoms with Gasteiger partial charge in [-0.1, -0.05) is 49.4 Å². The Morgan fingerprint density at radius 1 is 1.07 bits per heavy atom. The van der Waals surface area contributed by atoms with E-state index in [1.807, 2.05) is 43.3 Å². The third-order valence-electron chi connectivity index (χ3n) is 4.74. The molecule has 0 radical (unpaired) electrons. The maximum Gasteiger partial charge on any atom is 0.244 e. The zero-order valence-electron chi connectivity index (χ0n) is 15.5. The van der Waals surface area contributed by atoms with Crippen molar-refractivity contribution in [2.45, 2.75) is 37.3 Å². The van der Waals surface area contributed by atoms with Gasteiger partial charge in [0.2, 0.25) is 10.0 Å². The molecule has 1 aromatic heterocycles. The van der Waals surface area contributed by atoms with Gasteiger partial charge in [-0.25, -0.2) is 8.42 Å². The van der Waals surface area contributed by atoms with Crippen LogP contribution in [0.2, 0.25) is 0 Å². The zero-order chi connectivity index (χ0) is 19.5. The van der Waals surface area contributed by atoms with Crippen LogP contribution in [0.1, 0.15) is 25.8 Å². The summed E-state index contributed by atoms with van der Waals surface area (Å²) in [6.45, 7) is 3.72. The van der Waals surface area contributed by atoms with Crippen molar-refractivity contribution in [2.24, 2.45) is 0 Å². The average molecular weight is 385 g/mol. The molecule has 0 aliphatic heterocycles. The molecule has 1 heterocycles. The van der Waals surface area contributed by atoms with Crippen molar-refractivity contribution in [1.82, 2.24) is 9.29 Å². The molecule has 1 atom stereocenters. The van der Waals surface area contributed by atoms with Crippen LogP contribution in [0.15, 0.2) is 71.9 Å². The zero-order valence-corrected chi connectivity index (χ0v) is 16.4. The van der Waals surface area contributed by atoms with Gasteiger partial charge in [-0.15, -0.1) is 0 Å². The summed E-state index contributed by atoms with van der Waals surface area (Å²) < 4.78 is 28.4. The summed E-state index contributed by atoms with van der Waals surface area (Å²) in [4.78, 5) is 4.30. The molecule has 142 valence electrons. The van der Waals surface area contributed by atoms with Crippen molar-refractivity contribution >= 4 is 20.8 Å². The molecule has 3 rings (SSSR count). The average Bonchev–Trinajstić information content (AvgIpc) is 2.67. The minimum absolute atomic E-state index is 0.0161. The number of fused-ring (bicyclic) bond motifs is 1. The number of pyridine rings is 1. The Kier molecular flexibility index (Phi) is 5.60. The fourth-order valence-electron chi connectivity index (χ4n) is 2.96. The molecule has 27 heavy (non-hydrogen) atoms. The van der Waals surface area contributed by atoms with E-state index in [9.17, 15) is 13.5 Å². The Labute approximate surface area is 160 Å². The highest BCUT2D eigenvalue weighted by atomic mass is 32.2. The number of hydrogen-bond donors (Lipinski definition) is 1. The predicted molar refractivity (Wildman–Crippen MR) is 107 cm³/mol. The Morgan fingerprint density at radius 2 is 1.81 bits per heavy atom. The predicted octanol–water partition coefficient (Wildman–Crippen LogP) is 3.59. The van der Waals surface area contributed by atoms with E-state index in [1.165, 1.54) is 4.31 Å². The van der Waals surface area contributed by atoms with Gasteiger partial charge in [0.05, 0.1) is 10.5 Å². The molecule has 0 unspecified atom stereocenters. The van der Waals surface area contributed by atoms with E-state index in [0.29, 0.717) is 11.8 Å². The third kappa shape index (κ3) is 4.35. The van der Waals surface area contributed by atoms with Crippen molar-refractivity contribution < 1.29 is 13.5 Å². The van der Waals surface area contributed by atoms with Crippen LogP contribution in [-0.2, 0) is 16.6 Å². The van der Waals surface area contributed by atoms with Gasteiger partial charge in [0.25, 0.3) is 0 Å². The van der Waals surface area contributed by atoms with Crippen molar-refractivity contribution in [3.05, 3.63) is 72.6 Å². The van der Waals surface area contributed by atoms with E-state index in [0.717, 1.165) is 10.9 Å². The molecule has 0 aliphatic rings. The molecule has 5 nitrogen and oxygen atoms in total. The summed E-state index contributed by atoms with van der Waals surface area (Å²) >= 11 is 0. The van der Waals surface area contributed by atoms with E-state index in [4.69, 9.17) is 0 Å². The first-order valence-corrected chi connectivity index (χ1v) is 10.4. The van der Waals surface area contributed by atoms with Crippen molar-refractivity contribution in [3.8, 4) is 0 Å². The summed E-state index contributed by atoms with van der Waals surface area (Å²) in [7, 11) is -3.82. The molecular weight excluding hydrogens is 360 g/mol. The SMILES string of the molecule is CC[C@](C)(O)CN(Cc1ccccc1)S(=O)(=O)c1cccc2cnccc12. The Balaban J connectivity index is 2.08. The van der Waals surface area contributed by atoms with Crippen LogP contribution in [0.5, 0.6) is 0 Å². The molecule has 1 N–H and O–H groups in total. The molecule has 0 amide bonds. The minimum Gasteiger partial charge on any atom is -0.389 e. The largest absolute Gasteiger partial charge is 0.389 e. The molecule has 0 aliphatic carbocycles. The number of sulfonamides is 1. The second-order valence-electron chi connectivity index (χ2n) is 6.96. The topological polar surface area (TPSA) is 70.5 Å². The lowest BCUT2D eigenvalue weighted by atomic mass is 10.0. The standard InChI is InChI=1S/C21H24N2O3S/c1-3-21(2,24)16-23(15-17-8-5-4-6-9-17)27(25,26)20-11-7-10-18-14-22-13-12-19(18)20/h4-14,24H,3,15-16H2,1-2H3/t21-/m0/s1. The number of benzene rings is 2. The summed E-state index contributed by atoms with van der Waals surface area (Å²) in [5.74, 6) is 0. The highest BCUT2D eigenvalue weighted by Crippen LogP contribution is 2.28. The summed E-state index contributed by atoms with van der Waals surface area (Å²) in [5.41, 5.74) is -0.247. The molecule has 0 saturated carbocycles. The number of aromatic nitrogens is 1. The maximum absolute atomic E-state index is 13.5. The van der Waals surface area contributed by atoms with E-state index >= 15 is 0 Å². The molecule has 0 bridgehead atoms. The molecule has 3 aromatic rings. The van der Waals surface area contributed by atoms with Crippen LogP contribution in [0.4, 0.5) is 0 Å². The Hall–Kier alpha value is -2.28. The van der Waals surface area contributed by atoms with E-state index in [-0.39, 0.29) is 18.0 Å². The van der Waals surface area contributed by atoms with Crippen molar-refractivity contribution in [3.63, 3.8) is 0 Å². The van der Waals surface area contributed by atoms with E-state index < -0.39 is 15.6 Å².